The average Bonchev–Trinajstić information content (AvgIpc) is 3.39. The molecule has 4 aromatic rings. The Kier molecular flexibility index (Phi) is 5.26. The van der Waals surface area contributed by atoms with Crippen molar-refractivity contribution in [3.05, 3.63) is 52.4 Å². The fraction of sp³-hybridized carbons (Fsp3) is 0.250. The molecule has 0 bridgehead atoms. The predicted octanol–water partition coefficient (Wildman–Crippen LogP) is 2.82. The van der Waals surface area contributed by atoms with Gasteiger partial charge in [0.05, 0.1) is 27.8 Å². The van der Waals surface area contributed by atoms with Crippen LogP contribution in [0.4, 0.5) is 5.82 Å². The molecule has 1 saturated heterocycles. The fourth-order valence-electron chi connectivity index (χ4n) is 3.54. The molecule has 11 heteroatoms. The van der Waals surface area contributed by atoms with Crippen LogP contribution in [0.2, 0.25) is 4.34 Å². The number of anilines is 1. The number of amides is 1. The van der Waals surface area contributed by atoms with Crippen molar-refractivity contribution >= 4 is 45.6 Å². The number of nitrogen functional groups attached to an aromatic ring is 1. The lowest BCUT2D eigenvalue weighted by atomic mass is 10.1. The Morgan fingerprint density at radius 1 is 1.13 bits per heavy atom. The summed E-state index contributed by atoms with van der Waals surface area (Å²) < 4.78 is 6.40. The van der Waals surface area contributed by atoms with E-state index in [1.54, 1.807) is 6.07 Å². The van der Waals surface area contributed by atoms with Gasteiger partial charge in [0, 0.05) is 25.0 Å². The molecule has 1 amide bonds. The van der Waals surface area contributed by atoms with E-state index in [4.69, 9.17) is 21.8 Å². The van der Waals surface area contributed by atoms with Crippen LogP contribution in [-0.4, -0.2) is 55.5 Å². The third kappa shape index (κ3) is 4.22. The van der Waals surface area contributed by atoms with E-state index in [-0.39, 0.29) is 5.91 Å². The Balaban J connectivity index is 1.21. The van der Waals surface area contributed by atoms with Gasteiger partial charge in [0.1, 0.15) is 12.1 Å². The molecule has 0 spiro atoms. The van der Waals surface area contributed by atoms with E-state index in [9.17, 15) is 4.79 Å². The molecule has 0 unspecified atom stereocenters. The van der Waals surface area contributed by atoms with Crippen LogP contribution >= 0.6 is 22.9 Å². The Hall–Kier alpha value is -3.08. The van der Waals surface area contributed by atoms with Gasteiger partial charge in [0.15, 0.2) is 0 Å². The molecule has 1 fully saturated rings. The lowest BCUT2D eigenvalue weighted by Crippen LogP contribution is -2.49. The molecule has 9 nitrogen and oxygen atoms in total. The van der Waals surface area contributed by atoms with E-state index in [0.717, 1.165) is 27.9 Å². The average molecular weight is 456 g/mol. The highest BCUT2D eigenvalue weighted by Crippen LogP contribution is 2.30. The van der Waals surface area contributed by atoms with E-state index in [0.29, 0.717) is 48.1 Å². The highest BCUT2D eigenvalue weighted by molar-refractivity contribution is 7.19. The van der Waals surface area contributed by atoms with E-state index in [2.05, 4.69) is 20.2 Å². The minimum atomic E-state index is 0.0540. The predicted molar refractivity (Wildman–Crippen MR) is 117 cm³/mol. The third-order valence-corrected chi connectivity index (χ3v) is 6.33. The molecule has 31 heavy (non-hydrogen) atoms. The second-order valence-corrected chi connectivity index (χ2v) is 8.96. The van der Waals surface area contributed by atoms with Gasteiger partial charge in [0.25, 0.3) is 5.89 Å². The molecular weight excluding hydrogens is 438 g/mol. The number of rotatable bonds is 5. The SMILES string of the molecule is Nc1ncnc2cc(CN3CCN(Cc4nnc(-c5ccc(Cl)s5)o4)CC3=O)ccc12. The highest BCUT2D eigenvalue weighted by atomic mass is 35.5. The van der Waals surface area contributed by atoms with Crippen molar-refractivity contribution in [1.29, 1.82) is 0 Å². The topological polar surface area (TPSA) is 114 Å². The van der Waals surface area contributed by atoms with Crippen LogP contribution < -0.4 is 5.73 Å². The van der Waals surface area contributed by atoms with E-state index < -0.39 is 0 Å². The number of hydrogen-bond donors (Lipinski definition) is 1. The number of nitrogens with zero attached hydrogens (tertiary/aromatic N) is 6. The molecule has 3 aromatic heterocycles. The number of fused-ring (bicyclic) bond motifs is 1. The minimum absolute atomic E-state index is 0.0540. The summed E-state index contributed by atoms with van der Waals surface area (Å²) in [5.74, 6) is 1.43. The molecular formula is C20H18ClN7O2S. The number of benzene rings is 1. The van der Waals surface area contributed by atoms with Crippen LogP contribution in [-0.2, 0) is 17.9 Å². The van der Waals surface area contributed by atoms with Crippen molar-refractivity contribution in [2.45, 2.75) is 13.1 Å². The number of aromatic nitrogens is 4. The molecule has 0 radical (unpaired) electrons. The zero-order chi connectivity index (χ0) is 21.4. The van der Waals surface area contributed by atoms with Crippen molar-refractivity contribution in [3.63, 3.8) is 0 Å². The zero-order valence-electron chi connectivity index (χ0n) is 16.4. The third-order valence-electron chi connectivity index (χ3n) is 5.11. The van der Waals surface area contributed by atoms with Gasteiger partial charge in [0.2, 0.25) is 11.8 Å². The van der Waals surface area contributed by atoms with Gasteiger partial charge in [-0.05, 0) is 29.8 Å². The molecule has 158 valence electrons. The first-order valence-corrected chi connectivity index (χ1v) is 10.8. The Morgan fingerprint density at radius 3 is 2.84 bits per heavy atom. The van der Waals surface area contributed by atoms with Gasteiger partial charge in [-0.1, -0.05) is 17.7 Å². The first-order chi connectivity index (χ1) is 15.0. The van der Waals surface area contributed by atoms with Crippen LogP contribution in [0.15, 0.2) is 41.1 Å². The van der Waals surface area contributed by atoms with Crippen molar-refractivity contribution in [3.8, 4) is 10.8 Å². The molecule has 0 aliphatic carbocycles. The number of halogens is 1. The van der Waals surface area contributed by atoms with Gasteiger partial charge in [-0.25, -0.2) is 9.97 Å². The second kappa shape index (κ2) is 8.22. The quantitative estimate of drug-likeness (QED) is 0.488. The first kappa shape index (κ1) is 19.9. The summed E-state index contributed by atoms with van der Waals surface area (Å²) in [5, 5.41) is 8.99. The van der Waals surface area contributed by atoms with Gasteiger partial charge in [-0.2, -0.15) is 0 Å². The second-order valence-electron chi connectivity index (χ2n) is 7.24. The summed E-state index contributed by atoms with van der Waals surface area (Å²) in [6.07, 6.45) is 1.45. The summed E-state index contributed by atoms with van der Waals surface area (Å²) >= 11 is 7.35. The van der Waals surface area contributed by atoms with Gasteiger partial charge >= 0.3 is 0 Å². The Labute approximate surface area is 186 Å². The summed E-state index contributed by atoms with van der Waals surface area (Å²) in [4.78, 5) is 25.6. The Bertz CT molecular complexity index is 1260. The van der Waals surface area contributed by atoms with Crippen molar-refractivity contribution in [1.82, 2.24) is 30.0 Å². The first-order valence-electron chi connectivity index (χ1n) is 9.62. The summed E-state index contributed by atoms with van der Waals surface area (Å²) in [6.45, 7) is 2.58. The zero-order valence-corrected chi connectivity index (χ0v) is 17.9. The lowest BCUT2D eigenvalue weighted by molar-refractivity contribution is -0.137. The molecule has 1 aromatic carbocycles. The molecule has 2 N–H and O–H groups in total. The normalized spacial score (nSPS) is 15.1. The summed E-state index contributed by atoms with van der Waals surface area (Å²) in [7, 11) is 0. The Morgan fingerprint density at radius 2 is 2.03 bits per heavy atom. The maximum absolute atomic E-state index is 12.7. The van der Waals surface area contributed by atoms with Crippen molar-refractivity contribution in [2.75, 3.05) is 25.4 Å². The van der Waals surface area contributed by atoms with E-state index in [1.807, 2.05) is 34.1 Å². The number of carbonyl (C=O) groups excluding carboxylic acids is 1. The largest absolute Gasteiger partial charge is 0.419 e. The molecule has 0 saturated carbocycles. The molecule has 0 atom stereocenters. The van der Waals surface area contributed by atoms with Gasteiger partial charge < -0.3 is 15.1 Å². The summed E-state index contributed by atoms with van der Waals surface area (Å²) in [5.41, 5.74) is 7.66. The number of hydrogen-bond acceptors (Lipinski definition) is 9. The van der Waals surface area contributed by atoms with E-state index >= 15 is 0 Å². The number of nitrogens with two attached hydrogens (primary N) is 1. The van der Waals surface area contributed by atoms with Gasteiger partial charge in [-0.3, -0.25) is 9.69 Å². The van der Waals surface area contributed by atoms with Gasteiger partial charge in [-0.15, -0.1) is 21.5 Å². The number of piperazine rings is 1. The van der Waals surface area contributed by atoms with Crippen molar-refractivity contribution < 1.29 is 9.21 Å². The van der Waals surface area contributed by atoms with Crippen LogP contribution in [0.25, 0.3) is 21.7 Å². The van der Waals surface area contributed by atoms with Crippen molar-refractivity contribution in [2.24, 2.45) is 0 Å². The van der Waals surface area contributed by atoms with E-state index in [1.165, 1.54) is 17.7 Å². The lowest BCUT2D eigenvalue weighted by Gasteiger charge is -2.33. The molecule has 1 aliphatic heterocycles. The highest BCUT2D eigenvalue weighted by Gasteiger charge is 2.25. The molecule has 4 heterocycles. The van der Waals surface area contributed by atoms with Crippen LogP contribution in [0, 0.1) is 0 Å². The fourth-order valence-corrected chi connectivity index (χ4v) is 4.50. The smallest absolute Gasteiger partial charge is 0.257 e. The van der Waals surface area contributed by atoms with Crippen LogP contribution in [0.3, 0.4) is 0 Å². The maximum atomic E-state index is 12.7. The summed E-state index contributed by atoms with van der Waals surface area (Å²) in [6, 6.07) is 9.44. The standard InChI is InChI=1S/C20H18ClN7O2S/c21-16-4-3-15(31-16)20-26-25-17(30-20)9-27-5-6-28(18(29)10-27)8-12-1-2-13-14(7-12)23-11-24-19(13)22/h1-4,7,11H,5-6,8-10H2,(H2,22,23,24). The minimum Gasteiger partial charge on any atom is -0.419 e. The van der Waals surface area contributed by atoms with Crippen LogP contribution in [0.5, 0.6) is 0 Å². The molecule has 5 rings (SSSR count). The monoisotopic (exact) mass is 455 g/mol. The number of carbonyl (C=O) groups is 1. The maximum Gasteiger partial charge on any atom is 0.257 e. The number of thiophene rings is 1. The molecule has 1 aliphatic rings. The van der Waals surface area contributed by atoms with Crippen LogP contribution in [0.1, 0.15) is 11.5 Å².